The molecule has 0 spiro atoms. The van der Waals surface area contributed by atoms with Crippen molar-refractivity contribution >= 4 is 32.5 Å². The number of rotatable bonds is 4. The van der Waals surface area contributed by atoms with E-state index >= 15 is 0 Å². The lowest BCUT2D eigenvalue weighted by Crippen LogP contribution is -2.18. The smallest absolute Gasteiger partial charge is 0.261 e. The van der Waals surface area contributed by atoms with E-state index in [0.29, 0.717) is 11.3 Å². The second kappa shape index (κ2) is 6.74. The summed E-state index contributed by atoms with van der Waals surface area (Å²) in [6.07, 6.45) is 4.29. The second-order valence-corrected chi connectivity index (χ2v) is 8.44. The van der Waals surface area contributed by atoms with Crippen molar-refractivity contribution < 1.29 is 13.2 Å². The lowest BCUT2D eigenvalue weighted by molar-refractivity contribution is 0.0963. The number of anilines is 1. The Hall–Kier alpha value is -2.80. The number of hydrogen-bond donors (Lipinski definition) is 3. The minimum Gasteiger partial charge on any atom is -0.358 e. The molecule has 1 aliphatic rings. The molecule has 3 N–H and O–H groups in total. The molecule has 1 heterocycles. The summed E-state index contributed by atoms with van der Waals surface area (Å²) in [6.45, 7) is 0. The fraction of sp³-hybridized carbons (Fsp3) is 0.250. The molecule has 1 aromatic heterocycles. The van der Waals surface area contributed by atoms with Crippen LogP contribution >= 0.6 is 0 Å². The quantitative estimate of drug-likeness (QED) is 0.646. The van der Waals surface area contributed by atoms with Crippen LogP contribution in [0, 0.1) is 0 Å². The summed E-state index contributed by atoms with van der Waals surface area (Å²) in [6, 6.07) is 11.5. The fourth-order valence-corrected chi connectivity index (χ4v) is 4.68. The number of aromatic nitrogens is 1. The molecule has 3 aromatic rings. The highest BCUT2D eigenvalue weighted by Gasteiger charge is 2.19. The Morgan fingerprint density at radius 3 is 2.52 bits per heavy atom. The highest BCUT2D eigenvalue weighted by atomic mass is 32.2. The van der Waals surface area contributed by atoms with Crippen molar-refractivity contribution in [3.63, 3.8) is 0 Å². The summed E-state index contributed by atoms with van der Waals surface area (Å²) >= 11 is 0. The van der Waals surface area contributed by atoms with Gasteiger partial charge in [-0.1, -0.05) is 0 Å². The van der Waals surface area contributed by atoms with E-state index in [1.54, 1.807) is 43.4 Å². The van der Waals surface area contributed by atoms with E-state index in [-0.39, 0.29) is 10.8 Å². The number of hydrogen-bond acceptors (Lipinski definition) is 3. The second-order valence-electron chi connectivity index (χ2n) is 6.76. The van der Waals surface area contributed by atoms with Gasteiger partial charge in [-0.05, 0) is 73.7 Å². The molecule has 27 heavy (non-hydrogen) atoms. The molecule has 6 nitrogen and oxygen atoms in total. The lowest BCUT2D eigenvalue weighted by Gasteiger charge is -2.11. The van der Waals surface area contributed by atoms with Gasteiger partial charge in [-0.15, -0.1) is 0 Å². The monoisotopic (exact) mass is 383 g/mol. The van der Waals surface area contributed by atoms with E-state index in [0.717, 1.165) is 30.2 Å². The van der Waals surface area contributed by atoms with E-state index in [4.69, 9.17) is 0 Å². The number of carbonyl (C=O) groups is 1. The van der Waals surface area contributed by atoms with Crippen LogP contribution in [-0.2, 0) is 22.9 Å². The van der Waals surface area contributed by atoms with Gasteiger partial charge in [0.25, 0.3) is 15.9 Å². The Balaban J connectivity index is 1.64. The van der Waals surface area contributed by atoms with Crippen LogP contribution in [-0.4, -0.2) is 26.4 Å². The van der Waals surface area contributed by atoms with Gasteiger partial charge in [-0.2, -0.15) is 0 Å². The van der Waals surface area contributed by atoms with Crippen molar-refractivity contribution in [1.29, 1.82) is 0 Å². The summed E-state index contributed by atoms with van der Waals surface area (Å²) in [7, 11) is -2.16. The van der Waals surface area contributed by atoms with Crippen molar-refractivity contribution in [3.8, 4) is 0 Å². The Bertz CT molecular complexity index is 1120. The zero-order valence-electron chi connectivity index (χ0n) is 15.0. The molecule has 7 heteroatoms. The normalized spacial score (nSPS) is 14.0. The first kappa shape index (κ1) is 17.6. The predicted molar refractivity (Wildman–Crippen MR) is 106 cm³/mol. The van der Waals surface area contributed by atoms with Gasteiger partial charge in [-0.25, -0.2) is 8.42 Å². The number of aryl methyl sites for hydroxylation is 2. The Morgan fingerprint density at radius 2 is 1.78 bits per heavy atom. The molecule has 1 aliphatic carbocycles. The molecule has 0 fully saturated rings. The number of carbonyl (C=O) groups excluding carboxylic acids is 1. The molecular formula is C20H21N3O3S. The number of amides is 1. The number of sulfonamides is 1. The van der Waals surface area contributed by atoms with Crippen molar-refractivity contribution in [2.75, 3.05) is 11.8 Å². The average molecular weight is 383 g/mol. The first-order valence-electron chi connectivity index (χ1n) is 8.96. The summed E-state index contributed by atoms with van der Waals surface area (Å²) in [5.74, 6) is -0.216. The van der Waals surface area contributed by atoms with Crippen LogP contribution < -0.4 is 10.0 Å². The Kier molecular flexibility index (Phi) is 4.39. The highest BCUT2D eigenvalue weighted by molar-refractivity contribution is 7.92. The molecule has 0 atom stereocenters. The molecular weight excluding hydrogens is 362 g/mol. The van der Waals surface area contributed by atoms with Crippen LogP contribution in [0.25, 0.3) is 10.9 Å². The first-order chi connectivity index (χ1) is 13.0. The summed E-state index contributed by atoms with van der Waals surface area (Å²) in [5, 5.41) is 3.52. The van der Waals surface area contributed by atoms with Crippen LogP contribution in [0.1, 0.15) is 34.5 Å². The maximum atomic E-state index is 12.8. The number of nitrogens with one attached hydrogen (secondary N) is 3. The van der Waals surface area contributed by atoms with Gasteiger partial charge in [0.05, 0.1) is 4.90 Å². The third-order valence-electron chi connectivity index (χ3n) is 5.01. The number of benzene rings is 2. The van der Waals surface area contributed by atoms with E-state index in [2.05, 4.69) is 15.0 Å². The van der Waals surface area contributed by atoms with Crippen molar-refractivity contribution in [2.24, 2.45) is 0 Å². The van der Waals surface area contributed by atoms with Crippen LogP contribution in [0.2, 0.25) is 0 Å². The third kappa shape index (κ3) is 3.30. The van der Waals surface area contributed by atoms with Gasteiger partial charge >= 0.3 is 0 Å². The first-order valence-corrected chi connectivity index (χ1v) is 10.4. The largest absolute Gasteiger partial charge is 0.358 e. The van der Waals surface area contributed by atoms with Gasteiger partial charge in [0.1, 0.15) is 0 Å². The van der Waals surface area contributed by atoms with Gasteiger partial charge in [-0.3, -0.25) is 9.52 Å². The standard InChI is InChI=1S/C20H21N3O3S/c1-21-20(24)13-6-8-14(9-7-13)23-27(25,26)15-10-11-19-17(12-15)16-4-2-3-5-18(16)22-19/h6-12,22-23H,2-5H2,1H3,(H,21,24). The average Bonchev–Trinajstić information content (AvgIpc) is 3.05. The van der Waals surface area contributed by atoms with Gasteiger partial charge < -0.3 is 10.3 Å². The lowest BCUT2D eigenvalue weighted by atomic mass is 9.96. The van der Waals surface area contributed by atoms with Crippen molar-refractivity contribution in [3.05, 3.63) is 59.3 Å². The van der Waals surface area contributed by atoms with Crippen molar-refractivity contribution in [2.45, 2.75) is 30.6 Å². The summed E-state index contributed by atoms with van der Waals surface area (Å²) in [4.78, 5) is 15.2. The van der Waals surface area contributed by atoms with Crippen molar-refractivity contribution in [1.82, 2.24) is 10.3 Å². The molecule has 140 valence electrons. The zero-order valence-corrected chi connectivity index (χ0v) is 15.8. The zero-order chi connectivity index (χ0) is 19.0. The Labute approximate surface area is 158 Å². The SMILES string of the molecule is CNC(=O)c1ccc(NS(=O)(=O)c2ccc3[nH]c4c(c3c2)CCCC4)cc1. The molecule has 0 bridgehead atoms. The molecule has 1 amide bonds. The Morgan fingerprint density at radius 1 is 1.04 bits per heavy atom. The molecule has 2 aromatic carbocycles. The van der Waals surface area contributed by atoms with Gasteiger partial charge in [0.15, 0.2) is 0 Å². The van der Waals surface area contributed by atoms with Crippen LogP contribution in [0.15, 0.2) is 47.4 Å². The van der Waals surface area contributed by atoms with Crippen LogP contribution in [0.3, 0.4) is 0 Å². The molecule has 0 unspecified atom stereocenters. The molecule has 0 radical (unpaired) electrons. The maximum absolute atomic E-state index is 12.8. The van der Waals surface area contributed by atoms with E-state index in [9.17, 15) is 13.2 Å². The van der Waals surface area contributed by atoms with Crippen LogP contribution in [0.4, 0.5) is 5.69 Å². The van der Waals surface area contributed by atoms with Gasteiger partial charge in [0, 0.05) is 34.9 Å². The predicted octanol–water partition coefficient (Wildman–Crippen LogP) is 3.21. The van der Waals surface area contributed by atoms with E-state index in [1.165, 1.54) is 17.7 Å². The summed E-state index contributed by atoms with van der Waals surface area (Å²) in [5.41, 5.74) is 4.34. The number of aromatic amines is 1. The molecule has 0 aliphatic heterocycles. The molecule has 4 rings (SSSR count). The summed E-state index contributed by atoms with van der Waals surface area (Å²) < 4.78 is 28.2. The fourth-order valence-electron chi connectivity index (χ4n) is 3.60. The number of H-pyrrole nitrogens is 1. The maximum Gasteiger partial charge on any atom is 0.261 e. The highest BCUT2D eigenvalue weighted by Crippen LogP contribution is 2.31. The third-order valence-corrected chi connectivity index (χ3v) is 6.39. The van der Waals surface area contributed by atoms with Crippen LogP contribution in [0.5, 0.6) is 0 Å². The van der Waals surface area contributed by atoms with Gasteiger partial charge in [0.2, 0.25) is 0 Å². The molecule has 0 saturated heterocycles. The minimum absolute atomic E-state index is 0.216. The topological polar surface area (TPSA) is 91.1 Å². The van der Waals surface area contributed by atoms with E-state index in [1.807, 2.05) is 6.07 Å². The number of fused-ring (bicyclic) bond motifs is 3. The molecule has 0 saturated carbocycles. The van der Waals surface area contributed by atoms with E-state index < -0.39 is 10.0 Å². The minimum atomic E-state index is -3.71.